The van der Waals surface area contributed by atoms with Crippen LogP contribution in [0.25, 0.3) is 0 Å². The lowest BCUT2D eigenvalue weighted by Gasteiger charge is -2.12. The average Bonchev–Trinajstić information content (AvgIpc) is 3.14. The van der Waals surface area contributed by atoms with E-state index in [0.717, 1.165) is 12.0 Å². The Balaban J connectivity index is 1.48. The molecule has 2 aromatic carbocycles. The van der Waals surface area contributed by atoms with Crippen LogP contribution in [-0.2, 0) is 16.0 Å². The molecule has 0 unspecified atom stereocenters. The highest BCUT2D eigenvalue weighted by atomic mass is 16.6. The zero-order valence-electron chi connectivity index (χ0n) is 14.1. The van der Waals surface area contributed by atoms with Crippen molar-refractivity contribution in [2.45, 2.75) is 19.1 Å². The van der Waals surface area contributed by atoms with Crippen LogP contribution in [0.3, 0.4) is 0 Å². The zero-order valence-corrected chi connectivity index (χ0v) is 14.1. The monoisotopic (exact) mass is 356 g/mol. The summed E-state index contributed by atoms with van der Waals surface area (Å²) in [5, 5.41) is 5.34. The van der Waals surface area contributed by atoms with Gasteiger partial charge in [0.2, 0.25) is 0 Å². The SMILES string of the molecule is O=C(Nc1cccc(CNC(=O)O[C@@H]2CCOC2)c1)Oc1ccccc1. The summed E-state index contributed by atoms with van der Waals surface area (Å²) in [6.45, 7) is 1.34. The first-order valence-electron chi connectivity index (χ1n) is 8.34. The van der Waals surface area contributed by atoms with Crippen LogP contribution >= 0.6 is 0 Å². The Bertz CT molecular complexity index is 745. The van der Waals surface area contributed by atoms with E-state index in [0.29, 0.717) is 24.7 Å². The lowest BCUT2D eigenvalue weighted by Crippen LogP contribution is -2.28. The summed E-state index contributed by atoms with van der Waals surface area (Å²) < 4.78 is 15.6. The Morgan fingerprint density at radius 1 is 1.08 bits per heavy atom. The van der Waals surface area contributed by atoms with E-state index in [2.05, 4.69) is 10.6 Å². The number of amides is 2. The van der Waals surface area contributed by atoms with Gasteiger partial charge in [-0.05, 0) is 29.8 Å². The highest BCUT2D eigenvalue weighted by molar-refractivity contribution is 5.86. The highest BCUT2D eigenvalue weighted by Crippen LogP contribution is 2.14. The van der Waals surface area contributed by atoms with Crippen LogP contribution in [0.5, 0.6) is 5.75 Å². The molecule has 7 nitrogen and oxygen atoms in total. The molecule has 1 heterocycles. The van der Waals surface area contributed by atoms with E-state index in [4.69, 9.17) is 14.2 Å². The van der Waals surface area contributed by atoms with E-state index in [1.807, 2.05) is 12.1 Å². The molecule has 0 radical (unpaired) electrons. The van der Waals surface area contributed by atoms with E-state index >= 15 is 0 Å². The molecule has 1 atom stereocenters. The van der Waals surface area contributed by atoms with Crippen molar-refractivity contribution in [1.82, 2.24) is 5.32 Å². The quantitative estimate of drug-likeness (QED) is 0.858. The Morgan fingerprint density at radius 2 is 1.92 bits per heavy atom. The van der Waals surface area contributed by atoms with E-state index in [9.17, 15) is 9.59 Å². The summed E-state index contributed by atoms with van der Waals surface area (Å²) in [5.41, 5.74) is 1.39. The predicted molar refractivity (Wildman–Crippen MR) is 95.1 cm³/mol. The maximum absolute atomic E-state index is 11.9. The maximum atomic E-state index is 11.9. The predicted octanol–water partition coefficient (Wildman–Crippen LogP) is 3.31. The number of carbonyl (C=O) groups is 2. The van der Waals surface area contributed by atoms with Crippen molar-refractivity contribution in [2.24, 2.45) is 0 Å². The molecule has 1 saturated heterocycles. The lowest BCUT2D eigenvalue weighted by molar-refractivity contribution is 0.0828. The van der Waals surface area contributed by atoms with E-state index in [1.165, 1.54) is 0 Å². The fourth-order valence-electron chi connectivity index (χ4n) is 2.47. The van der Waals surface area contributed by atoms with Gasteiger partial charge in [-0.2, -0.15) is 0 Å². The second kappa shape index (κ2) is 8.87. The number of para-hydroxylation sites is 1. The summed E-state index contributed by atoms with van der Waals surface area (Å²) in [6, 6.07) is 15.9. The van der Waals surface area contributed by atoms with Crippen molar-refractivity contribution in [3.05, 3.63) is 60.2 Å². The first kappa shape index (κ1) is 17.8. The van der Waals surface area contributed by atoms with Gasteiger partial charge in [-0.15, -0.1) is 0 Å². The van der Waals surface area contributed by atoms with Gasteiger partial charge in [0.1, 0.15) is 11.9 Å². The van der Waals surface area contributed by atoms with Gasteiger partial charge in [-0.25, -0.2) is 9.59 Å². The van der Waals surface area contributed by atoms with Gasteiger partial charge in [0.05, 0.1) is 13.2 Å². The summed E-state index contributed by atoms with van der Waals surface area (Å²) in [5.74, 6) is 0.460. The Kier molecular flexibility index (Phi) is 6.05. The number of ether oxygens (including phenoxy) is 3. The van der Waals surface area contributed by atoms with Crippen LogP contribution in [-0.4, -0.2) is 31.5 Å². The van der Waals surface area contributed by atoms with Gasteiger partial charge in [0.15, 0.2) is 0 Å². The molecule has 2 aromatic rings. The number of rotatable bonds is 5. The van der Waals surface area contributed by atoms with Gasteiger partial charge in [0, 0.05) is 18.7 Å². The summed E-state index contributed by atoms with van der Waals surface area (Å²) in [7, 11) is 0. The number of hydrogen-bond acceptors (Lipinski definition) is 5. The smallest absolute Gasteiger partial charge is 0.417 e. The molecule has 3 rings (SSSR count). The van der Waals surface area contributed by atoms with Crippen LogP contribution in [0.1, 0.15) is 12.0 Å². The molecule has 7 heteroatoms. The third-order valence-corrected chi connectivity index (χ3v) is 3.73. The van der Waals surface area contributed by atoms with Gasteiger partial charge in [0.25, 0.3) is 0 Å². The zero-order chi connectivity index (χ0) is 18.2. The normalized spacial score (nSPS) is 15.9. The highest BCUT2D eigenvalue weighted by Gasteiger charge is 2.19. The first-order chi connectivity index (χ1) is 12.7. The molecule has 0 aliphatic carbocycles. The summed E-state index contributed by atoms with van der Waals surface area (Å²) in [4.78, 5) is 23.7. The van der Waals surface area contributed by atoms with Crippen LogP contribution < -0.4 is 15.4 Å². The molecule has 136 valence electrons. The molecule has 1 aliphatic rings. The summed E-state index contributed by atoms with van der Waals surface area (Å²) >= 11 is 0. The topological polar surface area (TPSA) is 85.9 Å². The van der Waals surface area contributed by atoms with Crippen LogP contribution in [0.4, 0.5) is 15.3 Å². The van der Waals surface area contributed by atoms with Crippen molar-refractivity contribution in [3.8, 4) is 5.75 Å². The van der Waals surface area contributed by atoms with Crippen LogP contribution in [0.15, 0.2) is 54.6 Å². The first-order valence-corrected chi connectivity index (χ1v) is 8.34. The maximum Gasteiger partial charge on any atom is 0.417 e. The van der Waals surface area contributed by atoms with Crippen molar-refractivity contribution in [1.29, 1.82) is 0 Å². The minimum Gasteiger partial charge on any atom is -0.444 e. The number of nitrogens with one attached hydrogen (secondary N) is 2. The van der Waals surface area contributed by atoms with E-state index in [-0.39, 0.29) is 12.6 Å². The minimum atomic E-state index is -0.582. The van der Waals surface area contributed by atoms with Gasteiger partial charge >= 0.3 is 12.2 Å². The van der Waals surface area contributed by atoms with Crippen molar-refractivity contribution < 1.29 is 23.8 Å². The van der Waals surface area contributed by atoms with Crippen molar-refractivity contribution in [2.75, 3.05) is 18.5 Å². The molecule has 0 bridgehead atoms. The fourth-order valence-corrected chi connectivity index (χ4v) is 2.47. The molecule has 0 aromatic heterocycles. The minimum absolute atomic E-state index is 0.184. The van der Waals surface area contributed by atoms with E-state index < -0.39 is 12.2 Å². The van der Waals surface area contributed by atoms with Gasteiger partial charge < -0.3 is 19.5 Å². The molecule has 1 aliphatic heterocycles. The molecular weight excluding hydrogens is 336 g/mol. The van der Waals surface area contributed by atoms with Crippen molar-refractivity contribution >= 4 is 17.9 Å². The molecule has 26 heavy (non-hydrogen) atoms. The third kappa shape index (κ3) is 5.49. The second-order valence-corrected chi connectivity index (χ2v) is 5.77. The number of anilines is 1. The number of carbonyl (C=O) groups excluding carboxylic acids is 2. The average molecular weight is 356 g/mol. The Labute approximate surface area is 151 Å². The lowest BCUT2D eigenvalue weighted by atomic mass is 10.2. The molecule has 2 N–H and O–H groups in total. The third-order valence-electron chi connectivity index (χ3n) is 3.73. The Hall–Kier alpha value is -3.06. The van der Waals surface area contributed by atoms with E-state index in [1.54, 1.807) is 42.5 Å². The number of alkyl carbamates (subject to hydrolysis) is 1. The largest absolute Gasteiger partial charge is 0.444 e. The molecule has 0 saturated carbocycles. The summed E-state index contributed by atoms with van der Waals surface area (Å²) in [6.07, 6.45) is -0.531. The van der Waals surface area contributed by atoms with Crippen molar-refractivity contribution in [3.63, 3.8) is 0 Å². The number of benzene rings is 2. The van der Waals surface area contributed by atoms with Crippen LogP contribution in [0.2, 0.25) is 0 Å². The number of hydrogen-bond donors (Lipinski definition) is 2. The van der Waals surface area contributed by atoms with Gasteiger partial charge in [-0.3, -0.25) is 5.32 Å². The fraction of sp³-hybridized carbons (Fsp3) is 0.263. The molecule has 1 fully saturated rings. The molecular formula is C19H20N2O5. The molecule has 0 spiro atoms. The molecule has 2 amide bonds. The second-order valence-electron chi connectivity index (χ2n) is 5.77. The standard InChI is InChI=1S/C19H20N2O5/c22-18(26-17-9-10-24-13-17)20-12-14-5-4-6-15(11-14)21-19(23)25-16-7-2-1-3-8-16/h1-8,11,17H,9-10,12-13H2,(H,20,22)(H,21,23)/t17-/m1/s1. The van der Waals surface area contributed by atoms with Gasteiger partial charge in [-0.1, -0.05) is 30.3 Å². The van der Waals surface area contributed by atoms with Crippen LogP contribution in [0, 0.1) is 0 Å². The Morgan fingerprint density at radius 3 is 2.69 bits per heavy atom.